The Morgan fingerprint density at radius 2 is 1.62 bits per heavy atom. The average Bonchev–Trinajstić information content (AvgIpc) is 3.22. The van der Waals surface area contributed by atoms with E-state index in [1.807, 2.05) is 20.8 Å². The van der Waals surface area contributed by atoms with Gasteiger partial charge in [0.15, 0.2) is 0 Å². The van der Waals surface area contributed by atoms with Crippen molar-refractivity contribution in [2.45, 2.75) is 110 Å². The van der Waals surface area contributed by atoms with E-state index in [-0.39, 0.29) is 13.0 Å². The molecule has 224 valence electrons. The van der Waals surface area contributed by atoms with Crippen molar-refractivity contribution in [1.82, 2.24) is 15.5 Å². The molecular weight excluding hydrogens is 518 g/mol. The molecule has 11 heteroatoms. The number of likely N-dealkylation sites (tertiary alicyclic amines) is 1. The van der Waals surface area contributed by atoms with Crippen LogP contribution in [-0.4, -0.2) is 82.5 Å². The summed E-state index contributed by atoms with van der Waals surface area (Å²) in [5.74, 6) is -1.66. The summed E-state index contributed by atoms with van der Waals surface area (Å²) in [7, 11) is 1.54. The Morgan fingerprint density at radius 3 is 2.12 bits per heavy atom. The summed E-state index contributed by atoms with van der Waals surface area (Å²) in [5.41, 5.74) is -2.10. The van der Waals surface area contributed by atoms with Crippen molar-refractivity contribution in [3.8, 4) is 5.75 Å². The number of benzene rings is 1. The minimum atomic E-state index is -1.39. The van der Waals surface area contributed by atoms with E-state index in [2.05, 4.69) is 10.6 Å². The van der Waals surface area contributed by atoms with E-state index in [1.54, 1.807) is 59.1 Å². The van der Waals surface area contributed by atoms with Gasteiger partial charge in [0.25, 0.3) is 0 Å². The van der Waals surface area contributed by atoms with Gasteiger partial charge in [0.1, 0.15) is 29.0 Å². The Hall–Kier alpha value is -3.34. The lowest BCUT2D eigenvalue weighted by molar-refractivity contribution is -0.156. The standard InChI is InChI=1S/C29H45N3O8/c1-18(39-27(2,3)4)22(31-26(37)40-28(5,6)7)23(33)30-21(17-19-11-13-20(38-9)14-12-19)24(34)32-16-10-15-29(32,8)25(35)36/h11-14,18,21-22H,10,15-17H2,1-9H3,(H,30,33)(H,31,37)(H,35,36)/t18-,21+,22+,29?/m1/s1. The molecule has 4 atom stereocenters. The molecule has 2 rings (SSSR count). The first-order chi connectivity index (χ1) is 18.4. The Morgan fingerprint density at radius 1 is 1.02 bits per heavy atom. The molecule has 40 heavy (non-hydrogen) atoms. The summed E-state index contributed by atoms with van der Waals surface area (Å²) in [6.07, 6.45) is -0.685. The van der Waals surface area contributed by atoms with Crippen molar-refractivity contribution in [1.29, 1.82) is 0 Å². The van der Waals surface area contributed by atoms with E-state index in [0.717, 1.165) is 5.56 Å². The highest BCUT2D eigenvalue weighted by atomic mass is 16.6. The number of nitrogens with one attached hydrogen (secondary N) is 2. The van der Waals surface area contributed by atoms with E-state index < -0.39 is 58.8 Å². The van der Waals surface area contributed by atoms with E-state index >= 15 is 0 Å². The molecule has 1 aliphatic rings. The van der Waals surface area contributed by atoms with Crippen LogP contribution in [-0.2, 0) is 30.3 Å². The molecule has 1 unspecified atom stereocenters. The number of rotatable bonds is 10. The number of carbonyl (C=O) groups is 4. The quantitative estimate of drug-likeness (QED) is 0.394. The highest BCUT2D eigenvalue weighted by Crippen LogP contribution is 2.30. The maximum Gasteiger partial charge on any atom is 0.408 e. The van der Waals surface area contributed by atoms with Crippen LogP contribution in [0.25, 0.3) is 0 Å². The van der Waals surface area contributed by atoms with Gasteiger partial charge >= 0.3 is 12.1 Å². The van der Waals surface area contributed by atoms with Crippen molar-refractivity contribution in [3.05, 3.63) is 29.8 Å². The molecule has 1 aliphatic heterocycles. The number of carboxylic acid groups (broad SMARTS) is 1. The molecule has 0 radical (unpaired) electrons. The highest BCUT2D eigenvalue weighted by Gasteiger charge is 2.48. The Labute approximate surface area is 236 Å². The smallest absolute Gasteiger partial charge is 0.408 e. The van der Waals surface area contributed by atoms with Crippen molar-refractivity contribution in [3.63, 3.8) is 0 Å². The SMILES string of the molecule is COc1ccc(C[C@H](NC(=O)[C@@H](NC(=O)OC(C)(C)C)[C@@H](C)OC(C)(C)C)C(=O)N2CCCC2(C)C(=O)O)cc1. The second kappa shape index (κ2) is 12.9. The molecule has 0 saturated carbocycles. The second-order valence-electron chi connectivity index (χ2n) is 12.3. The molecule has 1 aromatic rings. The second-order valence-corrected chi connectivity index (χ2v) is 12.3. The third-order valence-corrected chi connectivity index (χ3v) is 6.54. The third kappa shape index (κ3) is 9.11. The van der Waals surface area contributed by atoms with Crippen LogP contribution in [0.5, 0.6) is 5.75 Å². The van der Waals surface area contributed by atoms with E-state index in [9.17, 15) is 24.3 Å². The molecule has 1 saturated heterocycles. The number of aliphatic carboxylic acids is 1. The minimum Gasteiger partial charge on any atom is -0.497 e. The Balaban J connectivity index is 2.41. The first-order valence-electron chi connectivity index (χ1n) is 13.5. The predicted octanol–water partition coefficient (Wildman–Crippen LogP) is 3.29. The number of nitrogens with zero attached hydrogens (tertiary/aromatic N) is 1. The number of hydrogen-bond donors (Lipinski definition) is 3. The van der Waals surface area contributed by atoms with Gasteiger partial charge in [-0.2, -0.15) is 0 Å². The van der Waals surface area contributed by atoms with Gasteiger partial charge in [-0.05, 0) is 85.9 Å². The normalized spacial score (nSPS) is 19.8. The number of amides is 3. The van der Waals surface area contributed by atoms with Crippen LogP contribution in [0.15, 0.2) is 24.3 Å². The van der Waals surface area contributed by atoms with Crippen molar-refractivity contribution < 1.29 is 38.5 Å². The molecule has 0 aromatic heterocycles. The van der Waals surface area contributed by atoms with Crippen LogP contribution >= 0.6 is 0 Å². The number of carboxylic acids is 1. The summed E-state index contributed by atoms with van der Waals surface area (Å²) >= 11 is 0. The highest BCUT2D eigenvalue weighted by molar-refractivity contribution is 5.94. The van der Waals surface area contributed by atoms with E-state index in [0.29, 0.717) is 18.6 Å². The lowest BCUT2D eigenvalue weighted by Gasteiger charge is -2.35. The monoisotopic (exact) mass is 563 g/mol. The van der Waals surface area contributed by atoms with Crippen LogP contribution < -0.4 is 15.4 Å². The molecule has 0 bridgehead atoms. The van der Waals surface area contributed by atoms with Crippen LogP contribution in [0, 0.1) is 0 Å². The zero-order chi connectivity index (χ0) is 30.5. The fourth-order valence-corrected chi connectivity index (χ4v) is 4.64. The largest absolute Gasteiger partial charge is 0.497 e. The van der Waals surface area contributed by atoms with Gasteiger partial charge in [-0.15, -0.1) is 0 Å². The topological polar surface area (TPSA) is 144 Å². The molecule has 11 nitrogen and oxygen atoms in total. The van der Waals surface area contributed by atoms with Crippen LogP contribution in [0.2, 0.25) is 0 Å². The van der Waals surface area contributed by atoms with Gasteiger partial charge in [-0.1, -0.05) is 12.1 Å². The lowest BCUT2D eigenvalue weighted by Crippen LogP contribution is -2.61. The lowest BCUT2D eigenvalue weighted by atomic mass is 9.97. The van der Waals surface area contributed by atoms with Gasteiger partial charge in [-0.25, -0.2) is 9.59 Å². The van der Waals surface area contributed by atoms with Gasteiger partial charge in [0.05, 0.1) is 18.8 Å². The predicted molar refractivity (Wildman–Crippen MR) is 149 cm³/mol. The summed E-state index contributed by atoms with van der Waals surface area (Å²) in [6, 6.07) is 4.71. The molecular formula is C29H45N3O8. The maximum atomic E-state index is 13.8. The molecule has 0 aliphatic carbocycles. The molecule has 0 spiro atoms. The summed E-state index contributed by atoms with van der Waals surface area (Å²) < 4.78 is 16.6. The van der Waals surface area contributed by atoms with E-state index in [1.165, 1.54) is 11.8 Å². The molecule has 1 heterocycles. The minimum absolute atomic E-state index is 0.0917. The van der Waals surface area contributed by atoms with Gasteiger partial charge in [-0.3, -0.25) is 9.59 Å². The molecule has 1 aromatic carbocycles. The number of methoxy groups -OCH3 is 1. The Kier molecular flexibility index (Phi) is 10.6. The van der Waals surface area contributed by atoms with Crippen LogP contribution in [0.4, 0.5) is 4.79 Å². The van der Waals surface area contributed by atoms with Crippen LogP contribution in [0.1, 0.15) is 73.8 Å². The number of hydrogen-bond acceptors (Lipinski definition) is 7. The average molecular weight is 564 g/mol. The number of carbonyl (C=O) groups excluding carboxylic acids is 3. The summed E-state index contributed by atoms with van der Waals surface area (Å²) in [5, 5.41) is 15.3. The first-order valence-corrected chi connectivity index (χ1v) is 13.5. The zero-order valence-electron chi connectivity index (χ0n) is 25.1. The van der Waals surface area contributed by atoms with E-state index in [4.69, 9.17) is 14.2 Å². The van der Waals surface area contributed by atoms with Crippen molar-refractivity contribution in [2.75, 3.05) is 13.7 Å². The zero-order valence-corrected chi connectivity index (χ0v) is 25.1. The molecule has 3 N–H and O–H groups in total. The third-order valence-electron chi connectivity index (χ3n) is 6.54. The number of ether oxygens (including phenoxy) is 3. The van der Waals surface area contributed by atoms with Gasteiger partial charge in [0, 0.05) is 13.0 Å². The fraction of sp³-hybridized carbons (Fsp3) is 0.655. The van der Waals surface area contributed by atoms with Crippen molar-refractivity contribution in [2.24, 2.45) is 0 Å². The van der Waals surface area contributed by atoms with Gasteiger partial charge in [0.2, 0.25) is 11.8 Å². The van der Waals surface area contributed by atoms with Crippen molar-refractivity contribution >= 4 is 23.9 Å². The summed E-state index contributed by atoms with van der Waals surface area (Å²) in [6.45, 7) is 14.0. The first kappa shape index (κ1) is 32.9. The fourth-order valence-electron chi connectivity index (χ4n) is 4.64. The Bertz CT molecular complexity index is 1060. The molecule has 1 fully saturated rings. The van der Waals surface area contributed by atoms with Gasteiger partial charge < -0.3 is 34.9 Å². The maximum absolute atomic E-state index is 13.8. The summed E-state index contributed by atoms with van der Waals surface area (Å²) in [4.78, 5) is 53.6. The van der Waals surface area contributed by atoms with Crippen LogP contribution in [0.3, 0.4) is 0 Å². The number of alkyl carbamates (subject to hydrolysis) is 1. The molecule has 3 amide bonds.